The molecule has 1 saturated heterocycles. The molecule has 0 aliphatic carbocycles. The molecule has 0 amide bonds. The van der Waals surface area contributed by atoms with Gasteiger partial charge in [-0.2, -0.15) is 0 Å². The number of hydrogen-bond acceptors (Lipinski definition) is 2. The minimum Gasteiger partial charge on any atom is -0.373 e. The molecule has 0 spiro atoms. The summed E-state index contributed by atoms with van der Waals surface area (Å²) < 4.78 is 18.7. The monoisotopic (exact) mass is 279 g/mol. The van der Waals surface area contributed by atoms with Gasteiger partial charge in [0.1, 0.15) is 5.82 Å². The highest BCUT2D eigenvalue weighted by Crippen LogP contribution is 2.16. The quantitative estimate of drug-likeness (QED) is 0.700. The number of ether oxygens (including phenoxy) is 1. The molecule has 1 aliphatic rings. The number of unbranched alkanes of at least 4 members (excludes halogenated alkanes) is 2. The van der Waals surface area contributed by atoms with Crippen LogP contribution in [0.25, 0.3) is 0 Å². The van der Waals surface area contributed by atoms with E-state index < -0.39 is 0 Å². The molecule has 3 heteroatoms. The van der Waals surface area contributed by atoms with E-state index in [-0.39, 0.29) is 5.82 Å². The van der Waals surface area contributed by atoms with Crippen molar-refractivity contribution < 1.29 is 9.13 Å². The third-order valence-electron chi connectivity index (χ3n) is 4.01. The zero-order valence-electron chi connectivity index (χ0n) is 12.5. The van der Waals surface area contributed by atoms with Gasteiger partial charge in [-0.15, -0.1) is 0 Å². The Bertz CT molecular complexity index is 371. The van der Waals surface area contributed by atoms with Crippen molar-refractivity contribution in [2.24, 2.45) is 0 Å². The Hall–Kier alpha value is -0.930. The molecule has 1 aliphatic heterocycles. The normalized spacial score (nSPS) is 17.5. The van der Waals surface area contributed by atoms with Gasteiger partial charge in [0.2, 0.25) is 0 Å². The first kappa shape index (κ1) is 15.5. The van der Waals surface area contributed by atoms with E-state index in [0.717, 1.165) is 31.5 Å². The highest BCUT2D eigenvalue weighted by Gasteiger charge is 2.19. The van der Waals surface area contributed by atoms with Crippen LogP contribution in [0.2, 0.25) is 0 Å². The van der Waals surface area contributed by atoms with E-state index in [4.69, 9.17) is 4.74 Å². The van der Waals surface area contributed by atoms with Crippen LogP contribution < -0.4 is 0 Å². The molecule has 0 N–H and O–H groups in total. The molecule has 2 rings (SSSR count). The topological polar surface area (TPSA) is 12.5 Å². The number of halogens is 1. The van der Waals surface area contributed by atoms with Crippen molar-refractivity contribution in [1.29, 1.82) is 0 Å². The van der Waals surface area contributed by atoms with Gasteiger partial charge in [-0.25, -0.2) is 4.39 Å². The second kappa shape index (κ2) is 8.38. The second-order valence-corrected chi connectivity index (χ2v) is 5.69. The molecule has 0 unspecified atom stereocenters. The Morgan fingerprint density at radius 1 is 1.15 bits per heavy atom. The van der Waals surface area contributed by atoms with Gasteiger partial charge in [0.05, 0.1) is 12.7 Å². The van der Waals surface area contributed by atoms with Gasteiger partial charge >= 0.3 is 0 Å². The molecule has 1 fully saturated rings. The molecule has 1 heterocycles. The van der Waals surface area contributed by atoms with Crippen molar-refractivity contribution in [3.8, 4) is 0 Å². The van der Waals surface area contributed by atoms with E-state index >= 15 is 0 Å². The van der Waals surface area contributed by atoms with Gasteiger partial charge in [-0.1, -0.05) is 31.9 Å². The number of nitrogens with zero attached hydrogens (tertiary/aromatic N) is 1. The lowest BCUT2D eigenvalue weighted by Gasteiger charge is -2.31. The van der Waals surface area contributed by atoms with Crippen LogP contribution >= 0.6 is 0 Å². The molecule has 0 atom stereocenters. The van der Waals surface area contributed by atoms with E-state index in [9.17, 15) is 4.39 Å². The van der Waals surface area contributed by atoms with Crippen LogP contribution in [-0.4, -0.2) is 30.6 Å². The molecule has 0 aromatic heterocycles. The lowest BCUT2D eigenvalue weighted by Crippen LogP contribution is -2.37. The molecule has 0 bridgehead atoms. The van der Waals surface area contributed by atoms with Crippen LogP contribution in [0.15, 0.2) is 24.3 Å². The average Bonchev–Trinajstić information content (AvgIpc) is 2.48. The van der Waals surface area contributed by atoms with Crippen molar-refractivity contribution in [1.82, 2.24) is 4.90 Å². The molecule has 0 radical (unpaired) electrons. The predicted octanol–water partition coefficient (Wildman–Crippen LogP) is 4.00. The van der Waals surface area contributed by atoms with Crippen LogP contribution in [0.1, 0.15) is 44.6 Å². The Morgan fingerprint density at radius 3 is 2.50 bits per heavy atom. The molecular formula is C17H26FNO. The van der Waals surface area contributed by atoms with Crippen LogP contribution in [0.4, 0.5) is 4.39 Å². The van der Waals surface area contributed by atoms with E-state index in [1.807, 2.05) is 0 Å². The third-order valence-corrected chi connectivity index (χ3v) is 4.01. The first-order valence-electron chi connectivity index (χ1n) is 7.86. The minimum atomic E-state index is -0.186. The van der Waals surface area contributed by atoms with Gasteiger partial charge < -0.3 is 9.64 Å². The Morgan fingerprint density at radius 2 is 1.85 bits per heavy atom. The highest BCUT2D eigenvalue weighted by atomic mass is 19.1. The summed E-state index contributed by atoms with van der Waals surface area (Å²) in [6.07, 6.45) is 6.54. The van der Waals surface area contributed by atoms with Crippen LogP contribution in [0, 0.1) is 5.82 Å². The first-order chi connectivity index (χ1) is 9.78. The fourth-order valence-electron chi connectivity index (χ4n) is 2.68. The zero-order valence-corrected chi connectivity index (χ0v) is 12.5. The second-order valence-electron chi connectivity index (χ2n) is 5.69. The lowest BCUT2D eigenvalue weighted by atomic mass is 10.1. The largest absolute Gasteiger partial charge is 0.373 e. The number of piperidine rings is 1. The molecule has 0 saturated carbocycles. The molecular weight excluding hydrogens is 253 g/mol. The Balaban J connectivity index is 1.63. The maximum Gasteiger partial charge on any atom is 0.123 e. The predicted molar refractivity (Wildman–Crippen MR) is 80.2 cm³/mol. The fourth-order valence-corrected chi connectivity index (χ4v) is 2.68. The lowest BCUT2D eigenvalue weighted by molar-refractivity contribution is -0.00265. The van der Waals surface area contributed by atoms with Crippen LogP contribution in [-0.2, 0) is 11.3 Å². The molecule has 20 heavy (non-hydrogen) atoms. The number of benzene rings is 1. The summed E-state index contributed by atoms with van der Waals surface area (Å²) in [7, 11) is 0. The summed E-state index contributed by atoms with van der Waals surface area (Å²) in [5.74, 6) is -0.186. The summed E-state index contributed by atoms with van der Waals surface area (Å²) in [6.45, 7) is 6.38. The van der Waals surface area contributed by atoms with Gasteiger partial charge in [0, 0.05) is 13.1 Å². The van der Waals surface area contributed by atoms with E-state index in [0.29, 0.717) is 12.7 Å². The first-order valence-corrected chi connectivity index (χ1v) is 7.86. The van der Waals surface area contributed by atoms with Crippen molar-refractivity contribution in [3.05, 3.63) is 35.6 Å². The van der Waals surface area contributed by atoms with Crippen molar-refractivity contribution in [2.75, 3.05) is 19.6 Å². The van der Waals surface area contributed by atoms with Crippen molar-refractivity contribution >= 4 is 0 Å². The molecule has 2 nitrogen and oxygen atoms in total. The standard InChI is InChI=1S/C17H26FNO/c1-2-3-4-11-19-12-9-17(10-13-19)20-14-15-5-7-16(18)8-6-15/h5-8,17H,2-4,9-14H2,1H3. The maximum absolute atomic E-state index is 12.8. The Labute approximate surface area is 121 Å². The average molecular weight is 279 g/mol. The minimum absolute atomic E-state index is 0.186. The number of rotatable bonds is 7. The summed E-state index contributed by atoms with van der Waals surface area (Å²) in [5.41, 5.74) is 1.05. The third kappa shape index (κ3) is 5.22. The van der Waals surface area contributed by atoms with Gasteiger partial charge in [0.15, 0.2) is 0 Å². The maximum atomic E-state index is 12.8. The van der Waals surface area contributed by atoms with Crippen LogP contribution in [0.3, 0.4) is 0 Å². The summed E-state index contributed by atoms with van der Waals surface area (Å²) in [6, 6.07) is 6.59. The van der Waals surface area contributed by atoms with Gasteiger partial charge in [0.25, 0.3) is 0 Å². The summed E-state index contributed by atoms with van der Waals surface area (Å²) >= 11 is 0. The fraction of sp³-hybridized carbons (Fsp3) is 0.647. The SMILES string of the molecule is CCCCCN1CCC(OCc2ccc(F)cc2)CC1. The zero-order chi connectivity index (χ0) is 14.2. The van der Waals surface area contributed by atoms with Gasteiger partial charge in [-0.05, 0) is 43.5 Å². The van der Waals surface area contributed by atoms with Crippen molar-refractivity contribution in [3.63, 3.8) is 0 Å². The smallest absolute Gasteiger partial charge is 0.123 e. The number of hydrogen-bond donors (Lipinski definition) is 0. The highest BCUT2D eigenvalue weighted by molar-refractivity contribution is 5.14. The van der Waals surface area contributed by atoms with Crippen molar-refractivity contribution in [2.45, 2.75) is 51.7 Å². The molecule has 1 aromatic rings. The Kier molecular flexibility index (Phi) is 6.48. The van der Waals surface area contributed by atoms with E-state index in [1.54, 1.807) is 12.1 Å². The van der Waals surface area contributed by atoms with Gasteiger partial charge in [-0.3, -0.25) is 0 Å². The van der Waals surface area contributed by atoms with E-state index in [1.165, 1.54) is 37.9 Å². The molecule has 112 valence electrons. The summed E-state index contributed by atoms with van der Waals surface area (Å²) in [4.78, 5) is 2.55. The van der Waals surface area contributed by atoms with E-state index in [2.05, 4.69) is 11.8 Å². The van der Waals surface area contributed by atoms with Crippen LogP contribution in [0.5, 0.6) is 0 Å². The molecule has 1 aromatic carbocycles. The number of likely N-dealkylation sites (tertiary alicyclic amines) is 1. The summed E-state index contributed by atoms with van der Waals surface area (Å²) in [5, 5.41) is 0.